The number of amides is 2. The van der Waals surface area contributed by atoms with Crippen molar-refractivity contribution in [1.82, 2.24) is 15.1 Å². The number of carbonyl (C=O) groups excluding carboxylic acids is 2. The predicted molar refractivity (Wildman–Crippen MR) is 126 cm³/mol. The molecule has 0 atom stereocenters. The van der Waals surface area contributed by atoms with Crippen LogP contribution in [-0.4, -0.2) is 35.3 Å². The highest BCUT2D eigenvalue weighted by atomic mass is 32.1. The average Bonchev–Trinajstić information content (AvgIpc) is 3.35. The molecule has 0 bridgehead atoms. The summed E-state index contributed by atoms with van der Waals surface area (Å²) in [5.41, 5.74) is 3.26. The molecule has 0 aliphatic carbocycles. The molecular weight excluding hydrogens is 443 g/mol. The van der Waals surface area contributed by atoms with Crippen LogP contribution in [0.15, 0.2) is 54.6 Å². The number of aryl methyl sites for hydroxylation is 1. The van der Waals surface area contributed by atoms with Gasteiger partial charge in [0.15, 0.2) is 0 Å². The first kappa shape index (κ1) is 22.6. The second-order valence-corrected chi connectivity index (χ2v) is 8.59. The molecule has 0 saturated carbocycles. The highest BCUT2D eigenvalue weighted by Crippen LogP contribution is 2.29. The Balaban J connectivity index is 1.44. The van der Waals surface area contributed by atoms with E-state index < -0.39 is 0 Å². The Kier molecular flexibility index (Phi) is 6.81. The number of benzene rings is 2. The van der Waals surface area contributed by atoms with Crippen molar-refractivity contribution in [3.05, 3.63) is 82.1 Å². The van der Waals surface area contributed by atoms with Crippen molar-refractivity contribution in [3.63, 3.8) is 0 Å². The van der Waals surface area contributed by atoms with E-state index in [1.54, 1.807) is 18.2 Å². The number of fused-ring (bicyclic) bond motifs is 1. The van der Waals surface area contributed by atoms with Gasteiger partial charge in [-0.15, -0.1) is 11.3 Å². The fraction of sp³-hybridized carbons (Fsp3) is 0.208. The van der Waals surface area contributed by atoms with Gasteiger partial charge in [0, 0.05) is 24.7 Å². The van der Waals surface area contributed by atoms with Gasteiger partial charge in [-0.25, -0.2) is 4.39 Å². The second kappa shape index (κ2) is 9.93. The average molecular weight is 467 g/mol. The number of nitrogens with one attached hydrogen (secondary N) is 2. The zero-order valence-corrected chi connectivity index (χ0v) is 19.0. The zero-order chi connectivity index (χ0) is 23.4. The van der Waals surface area contributed by atoms with E-state index in [9.17, 15) is 14.0 Å². The third kappa shape index (κ3) is 5.44. The van der Waals surface area contributed by atoms with Crippen LogP contribution >= 0.6 is 11.3 Å². The lowest BCUT2D eigenvalue weighted by Gasteiger charge is -2.08. The largest absolute Gasteiger partial charge is 0.375 e. The number of nitrogens with zero attached hydrogens (tertiary/aromatic N) is 2. The number of hydrogen-bond donors (Lipinski definition) is 2. The van der Waals surface area contributed by atoms with Crippen LogP contribution < -0.4 is 10.6 Å². The van der Waals surface area contributed by atoms with Crippen molar-refractivity contribution < 1.29 is 18.7 Å². The van der Waals surface area contributed by atoms with Crippen LogP contribution in [0.4, 0.5) is 10.1 Å². The number of halogens is 1. The summed E-state index contributed by atoms with van der Waals surface area (Å²) >= 11 is 1.37. The molecule has 0 aliphatic heterocycles. The molecule has 4 rings (SSSR count). The maximum Gasteiger partial charge on any atom is 0.261 e. The third-order valence-corrected chi connectivity index (χ3v) is 6.16. The standard InChI is InChI=1S/C24H23FN4O3S/c1-15-20-11-21(33-24(20)29(28-15)13-16-6-8-18(25)9-7-16)23(31)26-12-17-4-3-5-19(10-17)27-22(30)14-32-2/h3-11H,12-14H2,1-2H3,(H,26,31)(H,27,30). The van der Waals surface area contributed by atoms with Crippen LogP contribution in [-0.2, 0) is 22.6 Å². The summed E-state index contributed by atoms with van der Waals surface area (Å²) in [6, 6.07) is 15.4. The number of aromatic nitrogens is 2. The van der Waals surface area contributed by atoms with E-state index in [0.717, 1.165) is 27.0 Å². The fourth-order valence-electron chi connectivity index (χ4n) is 3.45. The van der Waals surface area contributed by atoms with E-state index in [2.05, 4.69) is 15.7 Å². The van der Waals surface area contributed by atoms with Crippen molar-refractivity contribution in [2.24, 2.45) is 0 Å². The molecule has 2 amide bonds. The van der Waals surface area contributed by atoms with Crippen LogP contribution in [0, 0.1) is 12.7 Å². The van der Waals surface area contributed by atoms with Crippen molar-refractivity contribution in [1.29, 1.82) is 0 Å². The maximum atomic E-state index is 13.2. The summed E-state index contributed by atoms with van der Waals surface area (Å²) in [6.45, 7) is 2.70. The molecule has 2 aromatic heterocycles. The number of carbonyl (C=O) groups is 2. The Labute approximate surface area is 194 Å². The molecular formula is C24H23FN4O3S. The number of rotatable bonds is 8. The number of thiophene rings is 1. The highest BCUT2D eigenvalue weighted by Gasteiger charge is 2.16. The molecule has 0 unspecified atom stereocenters. The lowest BCUT2D eigenvalue weighted by atomic mass is 10.2. The molecule has 4 aromatic rings. The van der Waals surface area contributed by atoms with Crippen LogP contribution in [0.2, 0.25) is 0 Å². The van der Waals surface area contributed by atoms with Crippen molar-refractivity contribution in [3.8, 4) is 0 Å². The Hall–Kier alpha value is -3.56. The molecule has 9 heteroatoms. The lowest BCUT2D eigenvalue weighted by molar-refractivity contribution is -0.119. The summed E-state index contributed by atoms with van der Waals surface area (Å²) in [4.78, 5) is 26.0. The summed E-state index contributed by atoms with van der Waals surface area (Å²) in [5, 5.41) is 11.2. The highest BCUT2D eigenvalue weighted by molar-refractivity contribution is 7.20. The minimum absolute atomic E-state index is 0.0229. The van der Waals surface area contributed by atoms with Gasteiger partial charge in [-0.2, -0.15) is 5.10 Å². The molecule has 0 fully saturated rings. The van der Waals surface area contributed by atoms with Crippen LogP contribution in [0.25, 0.3) is 10.2 Å². The van der Waals surface area contributed by atoms with Gasteiger partial charge in [-0.3, -0.25) is 14.3 Å². The van der Waals surface area contributed by atoms with E-state index in [-0.39, 0.29) is 24.2 Å². The van der Waals surface area contributed by atoms with Crippen molar-refractivity contribution in [2.75, 3.05) is 19.0 Å². The molecule has 0 radical (unpaired) electrons. The SMILES string of the molecule is COCC(=O)Nc1cccc(CNC(=O)c2cc3c(C)nn(Cc4ccc(F)cc4)c3s2)c1. The van der Waals surface area contributed by atoms with Gasteiger partial charge in [0.2, 0.25) is 5.91 Å². The van der Waals surface area contributed by atoms with Gasteiger partial charge >= 0.3 is 0 Å². The van der Waals surface area contributed by atoms with Gasteiger partial charge in [-0.1, -0.05) is 24.3 Å². The van der Waals surface area contributed by atoms with Crippen LogP contribution in [0.5, 0.6) is 0 Å². The Morgan fingerprint density at radius 1 is 1.12 bits per heavy atom. The zero-order valence-electron chi connectivity index (χ0n) is 18.2. The monoisotopic (exact) mass is 466 g/mol. The van der Waals surface area contributed by atoms with Crippen molar-refractivity contribution >= 4 is 39.1 Å². The molecule has 7 nitrogen and oxygen atoms in total. The molecule has 2 heterocycles. The molecule has 2 aromatic carbocycles. The van der Waals surface area contributed by atoms with Gasteiger partial charge in [0.1, 0.15) is 17.3 Å². The molecule has 2 N–H and O–H groups in total. The Morgan fingerprint density at radius 3 is 2.67 bits per heavy atom. The van der Waals surface area contributed by atoms with E-state index in [1.807, 2.05) is 35.9 Å². The summed E-state index contributed by atoms with van der Waals surface area (Å²) < 4.78 is 19.8. The molecule has 0 aliphatic rings. The van der Waals surface area contributed by atoms with E-state index in [4.69, 9.17) is 4.74 Å². The molecule has 33 heavy (non-hydrogen) atoms. The summed E-state index contributed by atoms with van der Waals surface area (Å²) in [7, 11) is 1.46. The topological polar surface area (TPSA) is 85.2 Å². The first-order valence-electron chi connectivity index (χ1n) is 10.3. The molecule has 170 valence electrons. The first-order chi connectivity index (χ1) is 15.9. The summed E-state index contributed by atoms with van der Waals surface area (Å²) in [6.07, 6.45) is 0. The number of anilines is 1. The van der Waals surface area contributed by atoms with Crippen LogP contribution in [0.3, 0.4) is 0 Å². The third-order valence-electron chi connectivity index (χ3n) is 5.02. The van der Waals surface area contributed by atoms with Crippen LogP contribution in [0.1, 0.15) is 26.5 Å². The maximum absolute atomic E-state index is 13.2. The number of hydrogen-bond acceptors (Lipinski definition) is 5. The smallest absolute Gasteiger partial charge is 0.261 e. The van der Waals surface area contributed by atoms with E-state index >= 15 is 0 Å². The van der Waals surface area contributed by atoms with Crippen molar-refractivity contribution in [2.45, 2.75) is 20.0 Å². The lowest BCUT2D eigenvalue weighted by Crippen LogP contribution is -2.22. The normalized spacial score (nSPS) is 11.0. The molecule has 0 saturated heterocycles. The Morgan fingerprint density at radius 2 is 1.91 bits per heavy atom. The van der Waals surface area contributed by atoms with E-state index in [0.29, 0.717) is 23.7 Å². The van der Waals surface area contributed by atoms with E-state index in [1.165, 1.54) is 30.6 Å². The summed E-state index contributed by atoms with van der Waals surface area (Å²) in [5.74, 6) is -0.703. The second-order valence-electron chi connectivity index (χ2n) is 7.56. The number of methoxy groups -OCH3 is 1. The first-order valence-corrected chi connectivity index (χ1v) is 11.1. The molecule has 0 spiro atoms. The number of ether oxygens (including phenoxy) is 1. The van der Waals surface area contributed by atoms with Gasteiger partial charge < -0.3 is 15.4 Å². The van der Waals surface area contributed by atoms with Gasteiger partial charge in [0.05, 0.1) is 17.1 Å². The fourth-order valence-corrected chi connectivity index (χ4v) is 4.53. The predicted octanol–water partition coefficient (Wildman–Crippen LogP) is 4.11. The van der Waals surface area contributed by atoms with Gasteiger partial charge in [0.25, 0.3) is 5.91 Å². The minimum atomic E-state index is -0.279. The minimum Gasteiger partial charge on any atom is -0.375 e. The quantitative estimate of drug-likeness (QED) is 0.409. The Bertz CT molecular complexity index is 1300. The van der Waals surface area contributed by atoms with Gasteiger partial charge in [-0.05, 0) is 48.4 Å².